The minimum atomic E-state index is -0.519. The zero-order valence-corrected chi connectivity index (χ0v) is 14.8. The molecule has 22 heavy (non-hydrogen) atoms. The van der Waals surface area contributed by atoms with Crippen molar-refractivity contribution in [2.24, 2.45) is 11.1 Å². The molecular weight excluding hydrogens is 282 g/mol. The molecule has 1 atom stereocenters. The molecule has 1 aliphatic rings. The predicted molar refractivity (Wildman–Crippen MR) is 86.4 cm³/mol. The van der Waals surface area contributed by atoms with Crippen LogP contribution in [0, 0.1) is 5.41 Å². The summed E-state index contributed by atoms with van der Waals surface area (Å²) in [5.74, 6) is 0.104. The Balaban J connectivity index is 2.68. The van der Waals surface area contributed by atoms with Crippen LogP contribution in [0.25, 0.3) is 0 Å². The van der Waals surface area contributed by atoms with Gasteiger partial charge in [0.2, 0.25) is 5.91 Å². The van der Waals surface area contributed by atoms with Gasteiger partial charge in [-0.15, -0.1) is 0 Å². The minimum absolute atomic E-state index is 0.0570. The van der Waals surface area contributed by atoms with Crippen molar-refractivity contribution < 1.29 is 14.3 Å². The lowest BCUT2D eigenvalue weighted by Gasteiger charge is -2.42. The second-order valence-electron chi connectivity index (χ2n) is 8.14. The van der Waals surface area contributed by atoms with E-state index in [1.807, 2.05) is 46.4 Å². The molecule has 6 nitrogen and oxygen atoms in total. The maximum absolute atomic E-state index is 12.4. The fourth-order valence-electron chi connectivity index (χ4n) is 2.43. The Morgan fingerprint density at radius 2 is 1.73 bits per heavy atom. The lowest BCUT2D eigenvalue weighted by atomic mass is 9.91. The van der Waals surface area contributed by atoms with E-state index in [4.69, 9.17) is 10.5 Å². The van der Waals surface area contributed by atoms with Crippen molar-refractivity contribution in [1.82, 2.24) is 9.80 Å². The zero-order chi connectivity index (χ0) is 17.1. The van der Waals surface area contributed by atoms with Crippen LogP contribution < -0.4 is 5.73 Å². The van der Waals surface area contributed by atoms with E-state index in [1.165, 1.54) is 0 Å². The van der Waals surface area contributed by atoms with Crippen molar-refractivity contribution in [3.05, 3.63) is 0 Å². The first-order valence-electron chi connectivity index (χ1n) is 7.90. The Labute approximate surface area is 134 Å². The summed E-state index contributed by atoms with van der Waals surface area (Å²) in [6, 6.07) is -0.142. The second-order valence-corrected chi connectivity index (χ2v) is 8.14. The van der Waals surface area contributed by atoms with Crippen molar-refractivity contribution in [3.8, 4) is 0 Å². The topological polar surface area (TPSA) is 75.9 Å². The Morgan fingerprint density at radius 1 is 1.14 bits per heavy atom. The van der Waals surface area contributed by atoms with Crippen LogP contribution in [0.1, 0.15) is 48.0 Å². The first-order valence-corrected chi connectivity index (χ1v) is 7.90. The standard InChI is InChI=1S/C16H31N3O3/c1-15(2,3)9-13(20)19-8-7-18(11-12(19)10-17)14(21)22-16(4,5)6/h12H,7-11,17H2,1-6H3. The molecule has 0 bridgehead atoms. The summed E-state index contributed by atoms with van der Waals surface area (Å²) >= 11 is 0. The number of nitrogens with two attached hydrogens (primary N) is 1. The average molecular weight is 313 g/mol. The molecule has 0 aliphatic carbocycles. The van der Waals surface area contributed by atoms with Crippen LogP contribution >= 0.6 is 0 Å². The van der Waals surface area contributed by atoms with E-state index in [0.717, 1.165) is 0 Å². The van der Waals surface area contributed by atoms with Gasteiger partial charge in [-0.1, -0.05) is 20.8 Å². The van der Waals surface area contributed by atoms with Gasteiger partial charge in [-0.3, -0.25) is 4.79 Å². The highest BCUT2D eigenvalue weighted by molar-refractivity contribution is 5.78. The molecule has 0 spiro atoms. The number of hydrogen-bond acceptors (Lipinski definition) is 4. The number of carbonyl (C=O) groups excluding carboxylic acids is 2. The van der Waals surface area contributed by atoms with Crippen LogP contribution in [-0.2, 0) is 9.53 Å². The van der Waals surface area contributed by atoms with Gasteiger partial charge < -0.3 is 20.3 Å². The van der Waals surface area contributed by atoms with E-state index >= 15 is 0 Å². The number of nitrogens with zero attached hydrogens (tertiary/aromatic N) is 2. The van der Waals surface area contributed by atoms with Crippen LogP contribution in [-0.4, -0.2) is 59.6 Å². The van der Waals surface area contributed by atoms with Gasteiger partial charge in [0, 0.05) is 32.6 Å². The van der Waals surface area contributed by atoms with E-state index in [0.29, 0.717) is 32.6 Å². The third-order valence-corrected chi connectivity index (χ3v) is 3.41. The zero-order valence-electron chi connectivity index (χ0n) is 14.8. The number of rotatable bonds is 2. The number of amides is 2. The van der Waals surface area contributed by atoms with Gasteiger partial charge in [-0.2, -0.15) is 0 Å². The van der Waals surface area contributed by atoms with E-state index in [9.17, 15) is 9.59 Å². The highest BCUT2D eigenvalue weighted by Crippen LogP contribution is 2.22. The highest BCUT2D eigenvalue weighted by atomic mass is 16.6. The number of carbonyl (C=O) groups is 2. The van der Waals surface area contributed by atoms with Crippen LogP contribution in [0.15, 0.2) is 0 Å². The number of hydrogen-bond donors (Lipinski definition) is 1. The monoisotopic (exact) mass is 313 g/mol. The molecule has 6 heteroatoms. The van der Waals surface area contributed by atoms with Gasteiger partial charge in [-0.25, -0.2) is 4.79 Å². The smallest absolute Gasteiger partial charge is 0.410 e. The Hall–Kier alpha value is -1.30. The normalized spacial score (nSPS) is 20.0. The molecule has 0 radical (unpaired) electrons. The molecule has 1 unspecified atom stereocenters. The summed E-state index contributed by atoms with van der Waals surface area (Å²) in [7, 11) is 0. The highest BCUT2D eigenvalue weighted by Gasteiger charge is 2.34. The van der Waals surface area contributed by atoms with Gasteiger partial charge >= 0.3 is 6.09 Å². The maximum atomic E-state index is 12.4. The van der Waals surface area contributed by atoms with E-state index in [1.54, 1.807) is 4.90 Å². The molecule has 0 aromatic rings. The van der Waals surface area contributed by atoms with Gasteiger partial charge in [0.05, 0.1) is 6.04 Å². The van der Waals surface area contributed by atoms with Crippen LogP contribution in [0.4, 0.5) is 4.79 Å². The average Bonchev–Trinajstić information content (AvgIpc) is 2.33. The fourth-order valence-corrected chi connectivity index (χ4v) is 2.43. The van der Waals surface area contributed by atoms with Gasteiger partial charge in [0.1, 0.15) is 5.60 Å². The number of piperazine rings is 1. The maximum Gasteiger partial charge on any atom is 0.410 e. The molecule has 1 heterocycles. The van der Waals surface area contributed by atoms with Crippen LogP contribution in [0.3, 0.4) is 0 Å². The van der Waals surface area contributed by atoms with E-state index < -0.39 is 5.60 Å². The third-order valence-electron chi connectivity index (χ3n) is 3.41. The molecule has 2 N–H and O–H groups in total. The second kappa shape index (κ2) is 6.86. The van der Waals surface area contributed by atoms with Crippen molar-refractivity contribution in [2.75, 3.05) is 26.2 Å². The van der Waals surface area contributed by atoms with Crippen molar-refractivity contribution in [1.29, 1.82) is 0 Å². The summed E-state index contributed by atoms with van der Waals surface area (Å²) in [4.78, 5) is 28.0. The molecule has 128 valence electrons. The predicted octanol–water partition coefficient (Wildman–Crippen LogP) is 1.83. The Kier molecular flexibility index (Phi) is 5.84. The molecule has 1 fully saturated rings. The van der Waals surface area contributed by atoms with Crippen molar-refractivity contribution in [3.63, 3.8) is 0 Å². The fraction of sp³-hybridized carbons (Fsp3) is 0.875. The van der Waals surface area contributed by atoms with Gasteiger partial charge in [0.15, 0.2) is 0 Å². The summed E-state index contributed by atoms with van der Waals surface area (Å²) < 4.78 is 5.39. The summed E-state index contributed by atoms with van der Waals surface area (Å²) in [6.45, 7) is 13.4. The molecular formula is C16H31N3O3. The van der Waals surface area contributed by atoms with E-state index in [-0.39, 0.29) is 23.5 Å². The molecule has 1 aliphatic heterocycles. The van der Waals surface area contributed by atoms with E-state index in [2.05, 4.69) is 0 Å². The van der Waals surface area contributed by atoms with Crippen molar-refractivity contribution >= 4 is 12.0 Å². The molecule has 0 saturated carbocycles. The molecule has 0 aromatic heterocycles. The van der Waals surface area contributed by atoms with Crippen LogP contribution in [0.2, 0.25) is 0 Å². The lowest BCUT2D eigenvalue weighted by Crippen LogP contribution is -2.59. The van der Waals surface area contributed by atoms with Crippen LogP contribution in [0.5, 0.6) is 0 Å². The van der Waals surface area contributed by atoms with Gasteiger partial charge in [0.25, 0.3) is 0 Å². The SMILES string of the molecule is CC(C)(C)CC(=O)N1CCN(C(=O)OC(C)(C)C)CC1CN. The van der Waals surface area contributed by atoms with Crippen molar-refractivity contribution in [2.45, 2.75) is 59.6 Å². The first kappa shape index (κ1) is 18.7. The first-order chi connectivity index (χ1) is 9.93. The minimum Gasteiger partial charge on any atom is -0.444 e. The summed E-state index contributed by atoms with van der Waals surface area (Å²) in [5, 5.41) is 0. The molecule has 0 aromatic carbocycles. The Bertz CT molecular complexity index is 410. The van der Waals surface area contributed by atoms with Gasteiger partial charge in [-0.05, 0) is 26.2 Å². The largest absolute Gasteiger partial charge is 0.444 e. The quantitative estimate of drug-likeness (QED) is 0.844. The summed E-state index contributed by atoms with van der Waals surface area (Å²) in [5.41, 5.74) is 5.24. The third kappa shape index (κ3) is 5.83. The number of ether oxygens (including phenoxy) is 1. The Morgan fingerprint density at radius 3 is 2.18 bits per heavy atom. The molecule has 1 saturated heterocycles. The molecule has 2 amide bonds. The molecule has 1 rings (SSSR count). The summed E-state index contributed by atoms with van der Waals surface area (Å²) in [6.07, 6.45) is 0.143. The lowest BCUT2D eigenvalue weighted by molar-refractivity contribution is -0.137.